The Morgan fingerprint density at radius 2 is 2.11 bits per heavy atom. The molecule has 0 spiro atoms. The maximum atomic E-state index is 12.6. The number of carbonyl (C=O) groups excluding carboxylic acids is 1. The molecule has 1 heterocycles. The Morgan fingerprint density at radius 3 is 2.50 bits per heavy atom. The topological polar surface area (TPSA) is 69.6 Å². The zero-order chi connectivity index (χ0) is 13.8. The predicted molar refractivity (Wildman–Crippen MR) is 69.3 cm³/mol. The second-order valence-corrected chi connectivity index (χ2v) is 5.27. The number of nitrogens with zero attached hydrogens (tertiary/aromatic N) is 1. The van der Waals surface area contributed by atoms with Crippen molar-refractivity contribution < 1.29 is 14.7 Å². The first-order valence-electron chi connectivity index (χ1n) is 6.66. The van der Waals surface area contributed by atoms with Gasteiger partial charge in [0.2, 0.25) is 5.91 Å². The van der Waals surface area contributed by atoms with Gasteiger partial charge < -0.3 is 15.3 Å². The predicted octanol–water partition coefficient (Wildman–Crippen LogP) is 0.945. The monoisotopic (exact) mass is 256 g/mol. The van der Waals surface area contributed by atoms with Crippen LogP contribution in [0.3, 0.4) is 0 Å². The number of carboxylic acids is 1. The minimum Gasteiger partial charge on any atom is -0.481 e. The van der Waals surface area contributed by atoms with Crippen molar-refractivity contribution in [3.63, 3.8) is 0 Å². The summed E-state index contributed by atoms with van der Waals surface area (Å²) in [5, 5.41) is 12.0. The highest BCUT2D eigenvalue weighted by Gasteiger charge is 2.45. The number of hydrogen-bond acceptors (Lipinski definition) is 3. The standard InChI is InChI=1S/C13H24N2O3/c1-4-15(8-5-11(16)17)12(18)13(10(2)3)6-7-14-9-13/h10,14H,4-9H2,1-3H3,(H,16,17). The summed E-state index contributed by atoms with van der Waals surface area (Å²) in [7, 11) is 0. The third kappa shape index (κ3) is 3.02. The first-order valence-corrected chi connectivity index (χ1v) is 6.66. The third-order valence-corrected chi connectivity index (χ3v) is 3.98. The first-order chi connectivity index (χ1) is 8.44. The van der Waals surface area contributed by atoms with Crippen molar-refractivity contribution in [3.8, 4) is 0 Å². The van der Waals surface area contributed by atoms with Crippen molar-refractivity contribution in [1.82, 2.24) is 10.2 Å². The van der Waals surface area contributed by atoms with Crippen LogP contribution in [0.15, 0.2) is 0 Å². The fourth-order valence-corrected chi connectivity index (χ4v) is 2.58. The molecule has 1 amide bonds. The molecule has 0 aliphatic carbocycles. The van der Waals surface area contributed by atoms with Gasteiger partial charge in [-0.25, -0.2) is 0 Å². The zero-order valence-corrected chi connectivity index (χ0v) is 11.5. The second-order valence-electron chi connectivity index (χ2n) is 5.27. The Bertz CT molecular complexity index is 309. The Morgan fingerprint density at radius 1 is 1.44 bits per heavy atom. The molecule has 0 aromatic heterocycles. The molecule has 5 nitrogen and oxygen atoms in total. The van der Waals surface area contributed by atoms with Crippen LogP contribution in [-0.4, -0.2) is 48.1 Å². The summed E-state index contributed by atoms with van der Waals surface area (Å²) < 4.78 is 0. The highest BCUT2D eigenvalue weighted by atomic mass is 16.4. The molecule has 0 saturated carbocycles. The van der Waals surface area contributed by atoms with Crippen LogP contribution in [0.25, 0.3) is 0 Å². The van der Waals surface area contributed by atoms with Gasteiger partial charge >= 0.3 is 5.97 Å². The van der Waals surface area contributed by atoms with Crippen LogP contribution in [-0.2, 0) is 9.59 Å². The second kappa shape index (κ2) is 6.18. The lowest BCUT2D eigenvalue weighted by Crippen LogP contribution is -2.48. The van der Waals surface area contributed by atoms with Crippen LogP contribution >= 0.6 is 0 Å². The van der Waals surface area contributed by atoms with E-state index in [0.717, 1.165) is 13.0 Å². The van der Waals surface area contributed by atoms with E-state index in [0.29, 0.717) is 19.6 Å². The van der Waals surface area contributed by atoms with E-state index < -0.39 is 5.97 Å². The summed E-state index contributed by atoms with van der Waals surface area (Å²) in [6.45, 7) is 8.47. The number of carbonyl (C=O) groups is 2. The Kier molecular flexibility index (Phi) is 5.14. The molecule has 1 aliphatic heterocycles. The van der Waals surface area contributed by atoms with E-state index in [9.17, 15) is 9.59 Å². The van der Waals surface area contributed by atoms with Crippen LogP contribution in [0.1, 0.15) is 33.6 Å². The van der Waals surface area contributed by atoms with Crippen LogP contribution < -0.4 is 5.32 Å². The lowest BCUT2D eigenvalue weighted by molar-refractivity contribution is -0.145. The van der Waals surface area contributed by atoms with Gasteiger partial charge in [-0.15, -0.1) is 0 Å². The molecular formula is C13H24N2O3. The van der Waals surface area contributed by atoms with Crippen molar-refractivity contribution in [3.05, 3.63) is 0 Å². The molecular weight excluding hydrogens is 232 g/mol. The Hall–Kier alpha value is -1.10. The van der Waals surface area contributed by atoms with Crippen molar-refractivity contribution in [2.75, 3.05) is 26.2 Å². The summed E-state index contributed by atoms with van der Waals surface area (Å²) in [6, 6.07) is 0. The minimum absolute atomic E-state index is 0.0151. The van der Waals surface area contributed by atoms with E-state index in [2.05, 4.69) is 19.2 Å². The van der Waals surface area contributed by atoms with Gasteiger partial charge in [0, 0.05) is 19.6 Å². The highest BCUT2D eigenvalue weighted by molar-refractivity contribution is 5.84. The van der Waals surface area contributed by atoms with E-state index in [4.69, 9.17) is 5.11 Å². The average Bonchev–Trinajstić information content (AvgIpc) is 2.79. The zero-order valence-electron chi connectivity index (χ0n) is 11.5. The molecule has 1 atom stereocenters. The molecule has 104 valence electrons. The fourth-order valence-electron chi connectivity index (χ4n) is 2.58. The van der Waals surface area contributed by atoms with Gasteiger partial charge in [-0.3, -0.25) is 9.59 Å². The molecule has 1 aliphatic rings. The fraction of sp³-hybridized carbons (Fsp3) is 0.846. The van der Waals surface area contributed by atoms with Crippen molar-refractivity contribution in [2.45, 2.75) is 33.6 Å². The molecule has 5 heteroatoms. The molecule has 18 heavy (non-hydrogen) atoms. The minimum atomic E-state index is -0.857. The normalized spacial score (nSPS) is 23.3. The number of hydrogen-bond donors (Lipinski definition) is 2. The SMILES string of the molecule is CCN(CCC(=O)O)C(=O)C1(C(C)C)CCNC1. The largest absolute Gasteiger partial charge is 0.481 e. The van der Waals surface area contributed by atoms with Gasteiger partial charge in [-0.1, -0.05) is 13.8 Å². The number of amides is 1. The van der Waals surface area contributed by atoms with Gasteiger partial charge in [0.25, 0.3) is 0 Å². The maximum absolute atomic E-state index is 12.6. The average molecular weight is 256 g/mol. The Balaban J connectivity index is 2.77. The van der Waals surface area contributed by atoms with E-state index in [-0.39, 0.29) is 23.7 Å². The first kappa shape index (κ1) is 15.0. The molecule has 0 bridgehead atoms. The van der Waals surface area contributed by atoms with Crippen molar-refractivity contribution >= 4 is 11.9 Å². The van der Waals surface area contributed by atoms with Gasteiger partial charge in [-0.2, -0.15) is 0 Å². The lowest BCUT2D eigenvalue weighted by Gasteiger charge is -2.36. The summed E-state index contributed by atoms with van der Waals surface area (Å²) in [5.74, 6) is -0.491. The highest BCUT2D eigenvalue weighted by Crippen LogP contribution is 2.36. The van der Waals surface area contributed by atoms with Crippen molar-refractivity contribution in [2.24, 2.45) is 11.3 Å². The summed E-state index contributed by atoms with van der Waals surface area (Å²) >= 11 is 0. The molecule has 0 aromatic rings. The smallest absolute Gasteiger partial charge is 0.305 e. The number of nitrogens with one attached hydrogen (secondary N) is 1. The van der Waals surface area contributed by atoms with Crippen LogP contribution in [0, 0.1) is 11.3 Å². The van der Waals surface area contributed by atoms with E-state index in [1.807, 2.05) is 6.92 Å². The molecule has 1 rings (SSSR count). The van der Waals surface area contributed by atoms with Gasteiger partial charge in [0.1, 0.15) is 0 Å². The van der Waals surface area contributed by atoms with E-state index in [1.165, 1.54) is 0 Å². The number of rotatable bonds is 6. The summed E-state index contributed by atoms with van der Waals surface area (Å²) in [4.78, 5) is 25.0. The molecule has 1 unspecified atom stereocenters. The number of aliphatic carboxylic acids is 1. The third-order valence-electron chi connectivity index (χ3n) is 3.98. The number of carboxylic acid groups (broad SMARTS) is 1. The lowest BCUT2D eigenvalue weighted by atomic mass is 9.75. The Labute approximate surface area is 109 Å². The molecule has 0 aromatic carbocycles. The van der Waals surface area contributed by atoms with E-state index in [1.54, 1.807) is 4.90 Å². The quantitative estimate of drug-likeness (QED) is 0.742. The molecule has 0 radical (unpaired) electrons. The maximum Gasteiger partial charge on any atom is 0.305 e. The summed E-state index contributed by atoms with van der Waals surface area (Å²) in [6.07, 6.45) is 0.855. The van der Waals surface area contributed by atoms with Crippen LogP contribution in [0.5, 0.6) is 0 Å². The summed E-state index contributed by atoms with van der Waals surface area (Å²) in [5.41, 5.74) is -0.353. The van der Waals surface area contributed by atoms with Crippen molar-refractivity contribution in [1.29, 1.82) is 0 Å². The van der Waals surface area contributed by atoms with Crippen LogP contribution in [0.4, 0.5) is 0 Å². The van der Waals surface area contributed by atoms with E-state index >= 15 is 0 Å². The molecule has 1 saturated heterocycles. The van der Waals surface area contributed by atoms with Gasteiger partial charge in [0.05, 0.1) is 11.8 Å². The van der Waals surface area contributed by atoms with Gasteiger partial charge in [0.15, 0.2) is 0 Å². The molecule has 2 N–H and O–H groups in total. The molecule has 1 fully saturated rings. The van der Waals surface area contributed by atoms with Gasteiger partial charge in [-0.05, 0) is 25.8 Å². The van der Waals surface area contributed by atoms with Crippen LogP contribution in [0.2, 0.25) is 0 Å².